The summed E-state index contributed by atoms with van der Waals surface area (Å²) in [6, 6.07) is 4.44. The molecule has 1 N–H and O–H groups in total. The maximum atomic E-state index is 13.1. The third-order valence-corrected chi connectivity index (χ3v) is 5.01. The van der Waals surface area contributed by atoms with E-state index < -0.39 is 0 Å². The maximum Gasteiger partial charge on any atom is 0.224 e. The van der Waals surface area contributed by atoms with Crippen LogP contribution in [0.5, 0.6) is 0 Å². The quantitative estimate of drug-likeness (QED) is 0.860. The summed E-state index contributed by atoms with van der Waals surface area (Å²) in [6.07, 6.45) is 7.71. The Labute approximate surface area is 154 Å². The van der Waals surface area contributed by atoms with E-state index in [9.17, 15) is 9.18 Å². The molecule has 1 fully saturated rings. The molecule has 1 aliphatic rings. The second-order valence-electron chi connectivity index (χ2n) is 7.31. The van der Waals surface area contributed by atoms with E-state index in [2.05, 4.69) is 21.5 Å². The number of nitrogens with zero attached hydrogens (tertiary/aromatic N) is 3. The average Bonchev–Trinajstić information content (AvgIpc) is 3.01. The van der Waals surface area contributed by atoms with Crippen LogP contribution < -0.4 is 5.32 Å². The van der Waals surface area contributed by atoms with Gasteiger partial charge in [0.05, 0.1) is 6.20 Å². The molecule has 0 bridgehead atoms. The van der Waals surface area contributed by atoms with Crippen molar-refractivity contribution in [3.63, 3.8) is 0 Å². The molecule has 1 amide bonds. The van der Waals surface area contributed by atoms with Gasteiger partial charge in [-0.05, 0) is 62.4 Å². The maximum absolute atomic E-state index is 13.1. The Morgan fingerprint density at radius 3 is 3.00 bits per heavy atom. The molecular weight excluding hydrogens is 331 g/mol. The van der Waals surface area contributed by atoms with Gasteiger partial charge in [0.1, 0.15) is 5.82 Å². The Balaban J connectivity index is 1.45. The third kappa shape index (κ3) is 5.14. The molecule has 6 heteroatoms. The van der Waals surface area contributed by atoms with Crippen LogP contribution in [0, 0.1) is 18.7 Å². The summed E-state index contributed by atoms with van der Waals surface area (Å²) in [5.41, 5.74) is 2.68. The van der Waals surface area contributed by atoms with E-state index in [1.165, 1.54) is 30.5 Å². The van der Waals surface area contributed by atoms with Gasteiger partial charge in [-0.1, -0.05) is 0 Å². The first-order chi connectivity index (χ1) is 12.5. The van der Waals surface area contributed by atoms with Gasteiger partial charge in [-0.3, -0.25) is 14.4 Å². The van der Waals surface area contributed by atoms with Crippen LogP contribution in [0.25, 0.3) is 0 Å². The summed E-state index contributed by atoms with van der Waals surface area (Å²) in [6.45, 7) is 4.85. The predicted octanol–water partition coefficient (Wildman–Crippen LogP) is 3.50. The van der Waals surface area contributed by atoms with Gasteiger partial charge in [-0.15, -0.1) is 0 Å². The second kappa shape index (κ2) is 8.45. The highest BCUT2D eigenvalue weighted by atomic mass is 19.1. The molecule has 140 valence electrons. The summed E-state index contributed by atoms with van der Waals surface area (Å²) in [5.74, 6) is 0.265. The number of likely N-dealkylation sites (tertiary alicyclic amines) is 1. The number of halogens is 1. The first-order valence-corrected chi connectivity index (χ1v) is 9.25. The van der Waals surface area contributed by atoms with E-state index in [1.807, 2.05) is 17.9 Å². The predicted molar refractivity (Wildman–Crippen MR) is 100 cm³/mol. The van der Waals surface area contributed by atoms with Crippen LogP contribution in [0.4, 0.5) is 10.1 Å². The van der Waals surface area contributed by atoms with Crippen LogP contribution >= 0.6 is 0 Å². The molecule has 1 atom stereocenters. The minimum atomic E-state index is -0.281. The van der Waals surface area contributed by atoms with Gasteiger partial charge in [0.25, 0.3) is 0 Å². The van der Waals surface area contributed by atoms with E-state index >= 15 is 0 Å². The standard InChI is InChI=1S/C20H27FN4O/c1-15-10-18(21)6-7-19(15)23-20(26)8-5-16-4-3-9-25(13-16)14-17-11-22-24(2)12-17/h6-7,10-12,16H,3-5,8-9,13-14H2,1-2H3,(H,23,26)/t16-/m0/s1. The van der Waals surface area contributed by atoms with Crippen molar-refractivity contribution in [3.05, 3.63) is 47.5 Å². The van der Waals surface area contributed by atoms with Crippen LogP contribution in [-0.4, -0.2) is 33.7 Å². The average molecular weight is 358 g/mol. The van der Waals surface area contributed by atoms with E-state index in [4.69, 9.17) is 0 Å². The van der Waals surface area contributed by atoms with Crippen LogP contribution in [0.3, 0.4) is 0 Å². The lowest BCUT2D eigenvalue weighted by molar-refractivity contribution is -0.116. The van der Waals surface area contributed by atoms with E-state index in [0.717, 1.165) is 31.6 Å². The zero-order valence-electron chi connectivity index (χ0n) is 15.5. The molecule has 1 aromatic carbocycles. The highest BCUT2D eigenvalue weighted by Crippen LogP contribution is 2.23. The summed E-state index contributed by atoms with van der Waals surface area (Å²) >= 11 is 0. The number of carbonyl (C=O) groups is 1. The molecule has 0 spiro atoms. The van der Waals surface area contributed by atoms with E-state index in [-0.39, 0.29) is 11.7 Å². The molecule has 1 saturated heterocycles. The highest BCUT2D eigenvalue weighted by molar-refractivity contribution is 5.91. The number of carbonyl (C=O) groups excluding carboxylic acids is 1. The molecule has 2 aromatic rings. The monoisotopic (exact) mass is 358 g/mol. The molecule has 0 saturated carbocycles. The molecule has 0 aliphatic carbocycles. The van der Waals surface area contributed by atoms with Gasteiger partial charge in [0.15, 0.2) is 0 Å². The van der Waals surface area contributed by atoms with Gasteiger partial charge in [-0.2, -0.15) is 5.10 Å². The Bertz CT molecular complexity index is 758. The number of aryl methyl sites for hydroxylation is 2. The Morgan fingerprint density at radius 1 is 1.42 bits per heavy atom. The normalized spacial score (nSPS) is 18.0. The van der Waals surface area contributed by atoms with Gasteiger partial charge in [0.2, 0.25) is 5.91 Å². The molecule has 1 aromatic heterocycles. The number of aromatic nitrogens is 2. The van der Waals surface area contributed by atoms with Gasteiger partial charge in [0, 0.05) is 44.0 Å². The Hall–Kier alpha value is -2.21. The molecular formula is C20H27FN4O. The van der Waals surface area contributed by atoms with Gasteiger partial charge < -0.3 is 5.32 Å². The van der Waals surface area contributed by atoms with Crippen LogP contribution in [0.15, 0.2) is 30.6 Å². The van der Waals surface area contributed by atoms with E-state index in [0.29, 0.717) is 18.0 Å². The van der Waals surface area contributed by atoms with Crippen molar-refractivity contribution in [2.24, 2.45) is 13.0 Å². The van der Waals surface area contributed by atoms with Crippen molar-refractivity contribution < 1.29 is 9.18 Å². The fourth-order valence-corrected chi connectivity index (χ4v) is 3.66. The lowest BCUT2D eigenvalue weighted by Crippen LogP contribution is -2.35. The van der Waals surface area contributed by atoms with Crippen LogP contribution in [-0.2, 0) is 18.4 Å². The number of hydrogen-bond acceptors (Lipinski definition) is 3. The largest absolute Gasteiger partial charge is 0.326 e. The van der Waals surface area contributed by atoms with Crippen molar-refractivity contribution in [3.8, 4) is 0 Å². The molecule has 26 heavy (non-hydrogen) atoms. The van der Waals surface area contributed by atoms with E-state index in [1.54, 1.807) is 13.0 Å². The molecule has 2 heterocycles. The topological polar surface area (TPSA) is 50.2 Å². The first kappa shape index (κ1) is 18.6. The Kier molecular flexibility index (Phi) is 6.04. The van der Waals surface area contributed by atoms with Crippen molar-refractivity contribution in [1.82, 2.24) is 14.7 Å². The number of nitrogens with one attached hydrogen (secondary N) is 1. The lowest BCUT2D eigenvalue weighted by atomic mass is 9.93. The van der Waals surface area contributed by atoms with Crippen molar-refractivity contribution in [2.75, 3.05) is 18.4 Å². The zero-order chi connectivity index (χ0) is 18.5. The number of amides is 1. The van der Waals surface area contributed by atoms with Crippen molar-refractivity contribution >= 4 is 11.6 Å². The fraction of sp³-hybridized carbons (Fsp3) is 0.500. The third-order valence-electron chi connectivity index (χ3n) is 5.01. The van der Waals surface area contributed by atoms with Crippen molar-refractivity contribution in [1.29, 1.82) is 0 Å². The van der Waals surface area contributed by atoms with Crippen LogP contribution in [0.2, 0.25) is 0 Å². The summed E-state index contributed by atoms with van der Waals surface area (Å²) in [7, 11) is 1.93. The van der Waals surface area contributed by atoms with Gasteiger partial charge in [-0.25, -0.2) is 4.39 Å². The molecule has 1 aliphatic heterocycles. The number of rotatable bonds is 6. The summed E-state index contributed by atoms with van der Waals surface area (Å²) in [4.78, 5) is 14.7. The number of piperidine rings is 1. The molecule has 0 radical (unpaired) electrons. The molecule has 0 unspecified atom stereocenters. The van der Waals surface area contributed by atoms with Crippen molar-refractivity contribution in [2.45, 2.75) is 39.2 Å². The Morgan fingerprint density at radius 2 is 2.27 bits per heavy atom. The summed E-state index contributed by atoms with van der Waals surface area (Å²) in [5, 5.41) is 7.13. The number of hydrogen-bond donors (Lipinski definition) is 1. The zero-order valence-corrected chi connectivity index (χ0v) is 15.5. The molecule has 3 rings (SSSR count). The SMILES string of the molecule is Cc1cc(F)ccc1NC(=O)CC[C@@H]1CCCN(Cc2cnn(C)c2)C1. The minimum Gasteiger partial charge on any atom is -0.326 e. The number of anilines is 1. The highest BCUT2D eigenvalue weighted by Gasteiger charge is 2.21. The number of benzene rings is 1. The minimum absolute atomic E-state index is 0.00379. The fourth-order valence-electron chi connectivity index (χ4n) is 3.66. The lowest BCUT2D eigenvalue weighted by Gasteiger charge is -2.32. The smallest absolute Gasteiger partial charge is 0.224 e. The summed E-state index contributed by atoms with van der Waals surface area (Å²) < 4.78 is 15.0. The van der Waals surface area contributed by atoms with Gasteiger partial charge >= 0.3 is 0 Å². The second-order valence-corrected chi connectivity index (χ2v) is 7.31. The van der Waals surface area contributed by atoms with Crippen LogP contribution in [0.1, 0.15) is 36.8 Å². The first-order valence-electron chi connectivity index (χ1n) is 9.25. The molecule has 5 nitrogen and oxygen atoms in total.